The van der Waals surface area contributed by atoms with Gasteiger partial charge < -0.3 is 10.4 Å². The predicted octanol–water partition coefficient (Wildman–Crippen LogP) is 1.33. The van der Waals surface area contributed by atoms with E-state index in [4.69, 9.17) is 0 Å². The highest BCUT2D eigenvalue weighted by molar-refractivity contribution is 4.99. The van der Waals surface area contributed by atoms with Gasteiger partial charge in [-0.15, -0.1) is 0 Å². The molecule has 0 fully saturated rings. The molecule has 0 saturated heterocycles. The van der Waals surface area contributed by atoms with Gasteiger partial charge in [0.15, 0.2) is 0 Å². The van der Waals surface area contributed by atoms with Crippen molar-refractivity contribution in [3.8, 4) is 0 Å². The number of aliphatic hydroxyl groups is 1. The van der Waals surface area contributed by atoms with Crippen molar-refractivity contribution in [2.75, 3.05) is 13.7 Å². The van der Waals surface area contributed by atoms with Crippen LogP contribution in [0.25, 0.3) is 0 Å². The van der Waals surface area contributed by atoms with E-state index >= 15 is 0 Å². The molecule has 0 aliphatic carbocycles. The van der Waals surface area contributed by atoms with Gasteiger partial charge in [-0.2, -0.15) is 5.10 Å². The topological polar surface area (TPSA) is 50.1 Å². The van der Waals surface area contributed by atoms with Crippen molar-refractivity contribution in [1.29, 1.82) is 0 Å². The predicted molar refractivity (Wildman–Crippen MR) is 65.4 cm³/mol. The first-order chi connectivity index (χ1) is 7.65. The van der Waals surface area contributed by atoms with Crippen LogP contribution in [0.3, 0.4) is 0 Å². The molecule has 0 aliphatic rings. The van der Waals surface area contributed by atoms with Crippen LogP contribution in [0.4, 0.5) is 0 Å². The number of aryl methyl sites for hydroxylation is 2. The third-order valence-electron chi connectivity index (χ3n) is 3.31. The van der Waals surface area contributed by atoms with Gasteiger partial charge in [-0.05, 0) is 38.8 Å². The summed E-state index contributed by atoms with van der Waals surface area (Å²) in [5.74, 6) is 0. The third kappa shape index (κ3) is 3.32. The quantitative estimate of drug-likeness (QED) is 0.736. The van der Waals surface area contributed by atoms with Crippen LogP contribution in [0.2, 0.25) is 0 Å². The molecule has 0 saturated carbocycles. The Morgan fingerprint density at radius 3 is 2.75 bits per heavy atom. The van der Waals surface area contributed by atoms with Gasteiger partial charge in [0.05, 0.1) is 12.8 Å². The molecule has 1 rings (SSSR count). The Hall–Kier alpha value is -0.870. The minimum Gasteiger partial charge on any atom is -0.394 e. The summed E-state index contributed by atoms with van der Waals surface area (Å²) in [6, 6.07) is 0. The largest absolute Gasteiger partial charge is 0.394 e. The molecule has 16 heavy (non-hydrogen) atoms. The van der Waals surface area contributed by atoms with Crippen LogP contribution in [0, 0.1) is 6.92 Å². The molecule has 1 unspecified atom stereocenters. The second-order valence-electron chi connectivity index (χ2n) is 4.43. The molecule has 1 aromatic rings. The highest BCUT2D eigenvalue weighted by Crippen LogP contribution is 2.16. The number of aliphatic hydroxyl groups excluding tert-OH is 1. The van der Waals surface area contributed by atoms with Crippen LogP contribution in [-0.2, 0) is 6.54 Å². The lowest BCUT2D eigenvalue weighted by Crippen LogP contribution is -2.46. The number of rotatable bonds is 7. The van der Waals surface area contributed by atoms with E-state index in [1.165, 1.54) is 5.56 Å². The molecular formula is C12H23N3O. The minimum atomic E-state index is -0.123. The van der Waals surface area contributed by atoms with Gasteiger partial charge in [0.1, 0.15) is 0 Å². The molecule has 0 radical (unpaired) electrons. The van der Waals surface area contributed by atoms with Crippen LogP contribution < -0.4 is 5.32 Å². The van der Waals surface area contributed by atoms with Crippen molar-refractivity contribution in [2.45, 2.75) is 45.2 Å². The smallest absolute Gasteiger partial charge is 0.0613 e. The SMILES string of the molecule is CCC(CO)(CCCn1cc(C)cn1)NC. The van der Waals surface area contributed by atoms with Crippen molar-refractivity contribution < 1.29 is 5.11 Å². The summed E-state index contributed by atoms with van der Waals surface area (Å²) < 4.78 is 1.96. The second-order valence-corrected chi connectivity index (χ2v) is 4.43. The van der Waals surface area contributed by atoms with Crippen molar-refractivity contribution >= 4 is 0 Å². The molecule has 2 N–H and O–H groups in total. The fraction of sp³-hybridized carbons (Fsp3) is 0.750. The lowest BCUT2D eigenvalue weighted by Gasteiger charge is -2.30. The van der Waals surface area contributed by atoms with E-state index in [-0.39, 0.29) is 12.1 Å². The summed E-state index contributed by atoms with van der Waals surface area (Å²) >= 11 is 0. The van der Waals surface area contributed by atoms with Crippen molar-refractivity contribution in [3.63, 3.8) is 0 Å². The second kappa shape index (κ2) is 6.01. The monoisotopic (exact) mass is 225 g/mol. The zero-order valence-electron chi connectivity index (χ0n) is 10.5. The Morgan fingerprint density at radius 2 is 2.31 bits per heavy atom. The van der Waals surface area contributed by atoms with Gasteiger partial charge in [-0.3, -0.25) is 4.68 Å². The van der Waals surface area contributed by atoms with Crippen LogP contribution in [0.15, 0.2) is 12.4 Å². The normalized spacial score (nSPS) is 15.0. The molecule has 1 atom stereocenters. The lowest BCUT2D eigenvalue weighted by molar-refractivity contribution is 0.150. The van der Waals surface area contributed by atoms with Gasteiger partial charge in [0, 0.05) is 18.3 Å². The zero-order chi connectivity index (χ0) is 12.0. The minimum absolute atomic E-state index is 0.123. The van der Waals surface area contributed by atoms with Gasteiger partial charge in [0.2, 0.25) is 0 Å². The van der Waals surface area contributed by atoms with Crippen LogP contribution >= 0.6 is 0 Å². The molecule has 4 nitrogen and oxygen atoms in total. The average Bonchev–Trinajstić information content (AvgIpc) is 2.71. The van der Waals surface area contributed by atoms with E-state index in [2.05, 4.69) is 17.3 Å². The van der Waals surface area contributed by atoms with E-state index in [1.54, 1.807) is 0 Å². The first kappa shape index (κ1) is 13.2. The van der Waals surface area contributed by atoms with Crippen LogP contribution in [0.5, 0.6) is 0 Å². The molecule has 92 valence electrons. The lowest BCUT2D eigenvalue weighted by atomic mass is 9.91. The Bertz CT molecular complexity index is 297. The Labute approximate surface area is 97.7 Å². The zero-order valence-corrected chi connectivity index (χ0v) is 10.5. The standard InChI is InChI=1S/C12H23N3O/c1-4-12(10-16,13-3)6-5-7-15-9-11(2)8-14-15/h8-9,13,16H,4-7,10H2,1-3H3. The average molecular weight is 225 g/mol. The highest BCUT2D eigenvalue weighted by atomic mass is 16.3. The molecule has 0 spiro atoms. The maximum atomic E-state index is 9.39. The Kier molecular flexibility index (Phi) is 4.96. The number of likely N-dealkylation sites (N-methyl/N-ethyl adjacent to an activating group) is 1. The van der Waals surface area contributed by atoms with Gasteiger partial charge >= 0.3 is 0 Å². The van der Waals surface area contributed by atoms with E-state index in [9.17, 15) is 5.11 Å². The van der Waals surface area contributed by atoms with E-state index in [0.29, 0.717) is 0 Å². The summed E-state index contributed by atoms with van der Waals surface area (Å²) in [6.45, 7) is 5.25. The molecule has 0 aromatic carbocycles. The first-order valence-electron chi connectivity index (χ1n) is 5.94. The fourth-order valence-corrected chi connectivity index (χ4v) is 1.92. The van der Waals surface area contributed by atoms with Crippen LogP contribution in [-0.4, -0.2) is 34.1 Å². The molecule has 4 heteroatoms. The summed E-state index contributed by atoms with van der Waals surface area (Å²) in [5.41, 5.74) is 1.07. The Morgan fingerprint density at radius 1 is 1.56 bits per heavy atom. The van der Waals surface area contributed by atoms with Crippen molar-refractivity contribution in [2.24, 2.45) is 0 Å². The van der Waals surface area contributed by atoms with E-state index in [1.807, 2.05) is 31.0 Å². The fourth-order valence-electron chi connectivity index (χ4n) is 1.92. The van der Waals surface area contributed by atoms with Gasteiger partial charge in [-0.25, -0.2) is 0 Å². The van der Waals surface area contributed by atoms with Crippen molar-refractivity contribution in [3.05, 3.63) is 18.0 Å². The number of nitrogens with one attached hydrogen (secondary N) is 1. The summed E-state index contributed by atoms with van der Waals surface area (Å²) in [7, 11) is 1.91. The Balaban J connectivity index is 2.39. The number of hydrogen-bond donors (Lipinski definition) is 2. The first-order valence-corrected chi connectivity index (χ1v) is 5.94. The van der Waals surface area contributed by atoms with Gasteiger partial charge in [0.25, 0.3) is 0 Å². The van der Waals surface area contributed by atoms with E-state index < -0.39 is 0 Å². The van der Waals surface area contributed by atoms with Crippen molar-refractivity contribution in [1.82, 2.24) is 15.1 Å². The number of nitrogens with zero attached hydrogens (tertiary/aromatic N) is 2. The summed E-state index contributed by atoms with van der Waals surface area (Å²) in [4.78, 5) is 0. The molecule has 1 heterocycles. The number of aromatic nitrogens is 2. The number of hydrogen-bond acceptors (Lipinski definition) is 3. The molecule has 0 bridgehead atoms. The summed E-state index contributed by atoms with van der Waals surface area (Å²) in [5, 5.41) is 16.9. The van der Waals surface area contributed by atoms with Crippen LogP contribution in [0.1, 0.15) is 31.7 Å². The maximum Gasteiger partial charge on any atom is 0.0613 e. The van der Waals surface area contributed by atoms with Gasteiger partial charge in [-0.1, -0.05) is 6.92 Å². The third-order valence-corrected chi connectivity index (χ3v) is 3.31. The highest BCUT2D eigenvalue weighted by Gasteiger charge is 2.24. The van der Waals surface area contributed by atoms with E-state index in [0.717, 1.165) is 25.8 Å². The molecule has 0 aliphatic heterocycles. The summed E-state index contributed by atoms with van der Waals surface area (Å²) in [6.07, 6.45) is 6.85. The molecule has 1 aromatic heterocycles. The molecular weight excluding hydrogens is 202 g/mol. The maximum absolute atomic E-state index is 9.39. The molecule has 0 amide bonds.